The molecule has 0 bridgehead atoms. The maximum atomic E-state index is 5.35. The maximum absolute atomic E-state index is 5.35. The molecule has 3 nitrogen and oxygen atoms in total. The molecule has 0 unspecified atom stereocenters. The van der Waals surface area contributed by atoms with Crippen LogP contribution >= 0.6 is 0 Å². The monoisotopic (exact) mass is 183 g/mol. The molecule has 74 valence electrons. The molecule has 1 saturated heterocycles. The molecular formula is C10H17NO2. The molecule has 0 spiro atoms. The van der Waals surface area contributed by atoms with Gasteiger partial charge in [0, 0.05) is 26.1 Å². The summed E-state index contributed by atoms with van der Waals surface area (Å²) < 4.78 is 10.6. The molecule has 1 aliphatic rings. The van der Waals surface area contributed by atoms with Gasteiger partial charge in [-0.1, -0.05) is 0 Å². The zero-order valence-corrected chi connectivity index (χ0v) is 8.00. The van der Waals surface area contributed by atoms with E-state index in [1.54, 1.807) is 0 Å². The fraction of sp³-hybridized carbons (Fsp3) is 0.800. The number of morpholine rings is 1. The Labute approximate surface area is 80.0 Å². The second kappa shape index (κ2) is 6.90. The second-order valence-corrected chi connectivity index (χ2v) is 3.02. The van der Waals surface area contributed by atoms with Crippen LogP contribution in [-0.4, -0.2) is 51.0 Å². The standard InChI is InChI=1S/C10H17NO2/c1-2-3-7-12-8-4-11-5-9-13-10-6-11/h1H,3-10H2. The van der Waals surface area contributed by atoms with E-state index in [1.165, 1.54) is 0 Å². The van der Waals surface area contributed by atoms with Crippen LogP contribution in [-0.2, 0) is 9.47 Å². The van der Waals surface area contributed by atoms with Crippen LogP contribution < -0.4 is 0 Å². The molecule has 1 aliphatic heterocycles. The van der Waals surface area contributed by atoms with Gasteiger partial charge in [0.1, 0.15) is 0 Å². The van der Waals surface area contributed by atoms with Crippen LogP contribution in [0.4, 0.5) is 0 Å². The van der Waals surface area contributed by atoms with Crippen molar-refractivity contribution in [2.75, 3.05) is 46.1 Å². The third-order valence-electron chi connectivity index (χ3n) is 2.05. The van der Waals surface area contributed by atoms with Crippen molar-refractivity contribution in [1.29, 1.82) is 0 Å². The normalized spacial score (nSPS) is 18.4. The zero-order valence-electron chi connectivity index (χ0n) is 8.00. The van der Waals surface area contributed by atoms with E-state index < -0.39 is 0 Å². The number of hydrogen-bond acceptors (Lipinski definition) is 3. The van der Waals surface area contributed by atoms with Crippen LogP contribution in [0.5, 0.6) is 0 Å². The molecule has 0 amide bonds. The highest BCUT2D eigenvalue weighted by atomic mass is 16.5. The highest BCUT2D eigenvalue weighted by Gasteiger charge is 2.08. The highest BCUT2D eigenvalue weighted by Crippen LogP contribution is 1.95. The first-order valence-electron chi connectivity index (χ1n) is 4.75. The Hall–Kier alpha value is -0.560. The summed E-state index contributed by atoms with van der Waals surface area (Å²) in [7, 11) is 0. The molecule has 0 N–H and O–H groups in total. The molecule has 0 aromatic heterocycles. The molecule has 1 rings (SSSR count). The lowest BCUT2D eigenvalue weighted by atomic mass is 10.4. The van der Waals surface area contributed by atoms with Crippen molar-refractivity contribution in [3.63, 3.8) is 0 Å². The van der Waals surface area contributed by atoms with Crippen molar-refractivity contribution in [3.8, 4) is 12.3 Å². The number of ether oxygens (including phenoxy) is 2. The fourth-order valence-electron chi connectivity index (χ4n) is 1.25. The van der Waals surface area contributed by atoms with E-state index in [0.717, 1.165) is 39.5 Å². The number of rotatable bonds is 5. The first kappa shape index (κ1) is 10.5. The molecule has 0 aromatic rings. The molecule has 13 heavy (non-hydrogen) atoms. The summed E-state index contributed by atoms with van der Waals surface area (Å²) in [4.78, 5) is 2.35. The van der Waals surface area contributed by atoms with E-state index in [0.29, 0.717) is 13.0 Å². The van der Waals surface area contributed by atoms with Crippen LogP contribution in [0.3, 0.4) is 0 Å². The largest absolute Gasteiger partial charge is 0.379 e. The van der Waals surface area contributed by atoms with Crippen molar-refractivity contribution in [3.05, 3.63) is 0 Å². The van der Waals surface area contributed by atoms with Gasteiger partial charge in [-0.15, -0.1) is 12.3 Å². The third-order valence-corrected chi connectivity index (χ3v) is 2.05. The Morgan fingerprint density at radius 3 is 2.77 bits per heavy atom. The molecule has 1 fully saturated rings. The first-order chi connectivity index (χ1) is 6.43. The highest BCUT2D eigenvalue weighted by molar-refractivity contribution is 4.82. The quantitative estimate of drug-likeness (QED) is 0.454. The molecule has 0 radical (unpaired) electrons. The summed E-state index contributed by atoms with van der Waals surface area (Å²) in [5, 5.41) is 0. The Morgan fingerprint density at radius 1 is 1.31 bits per heavy atom. The average Bonchev–Trinajstić information content (AvgIpc) is 2.19. The summed E-state index contributed by atoms with van der Waals surface area (Å²) in [5.74, 6) is 2.55. The van der Waals surface area contributed by atoms with Gasteiger partial charge in [0.2, 0.25) is 0 Å². The Balaban J connectivity index is 1.90. The van der Waals surface area contributed by atoms with Crippen LogP contribution in [0.15, 0.2) is 0 Å². The van der Waals surface area contributed by atoms with Crippen molar-refractivity contribution in [2.45, 2.75) is 6.42 Å². The van der Waals surface area contributed by atoms with Gasteiger partial charge >= 0.3 is 0 Å². The summed E-state index contributed by atoms with van der Waals surface area (Å²) in [6.45, 7) is 6.21. The van der Waals surface area contributed by atoms with Gasteiger partial charge in [0.15, 0.2) is 0 Å². The maximum Gasteiger partial charge on any atom is 0.0594 e. The second-order valence-electron chi connectivity index (χ2n) is 3.02. The van der Waals surface area contributed by atoms with Gasteiger partial charge in [-0.3, -0.25) is 4.90 Å². The number of terminal acetylenes is 1. The molecule has 0 aromatic carbocycles. The van der Waals surface area contributed by atoms with Gasteiger partial charge in [-0.2, -0.15) is 0 Å². The first-order valence-corrected chi connectivity index (χ1v) is 4.75. The molecule has 0 saturated carbocycles. The van der Waals surface area contributed by atoms with Gasteiger partial charge in [-0.25, -0.2) is 0 Å². The number of nitrogens with zero attached hydrogens (tertiary/aromatic N) is 1. The lowest BCUT2D eigenvalue weighted by Crippen LogP contribution is -2.38. The van der Waals surface area contributed by atoms with E-state index in [1.807, 2.05) is 0 Å². The van der Waals surface area contributed by atoms with Crippen molar-refractivity contribution < 1.29 is 9.47 Å². The number of hydrogen-bond donors (Lipinski definition) is 0. The topological polar surface area (TPSA) is 21.7 Å². The zero-order chi connectivity index (χ0) is 9.36. The summed E-state index contributed by atoms with van der Waals surface area (Å²) in [6.07, 6.45) is 5.81. The van der Waals surface area contributed by atoms with Crippen LogP contribution in [0.25, 0.3) is 0 Å². The lowest BCUT2D eigenvalue weighted by molar-refractivity contribution is 0.0211. The molecular weight excluding hydrogens is 166 g/mol. The smallest absolute Gasteiger partial charge is 0.0594 e. The molecule has 0 aliphatic carbocycles. The SMILES string of the molecule is C#CCCOCCN1CCOCC1. The van der Waals surface area contributed by atoms with Gasteiger partial charge in [0.05, 0.1) is 26.4 Å². The Morgan fingerprint density at radius 2 is 2.08 bits per heavy atom. The minimum atomic E-state index is 0.681. The molecule has 0 atom stereocenters. The van der Waals surface area contributed by atoms with E-state index in [9.17, 15) is 0 Å². The molecule has 1 heterocycles. The van der Waals surface area contributed by atoms with Gasteiger partial charge < -0.3 is 9.47 Å². The summed E-state index contributed by atoms with van der Waals surface area (Å²) >= 11 is 0. The summed E-state index contributed by atoms with van der Waals surface area (Å²) in [5.41, 5.74) is 0. The van der Waals surface area contributed by atoms with Crippen LogP contribution in [0, 0.1) is 12.3 Å². The van der Waals surface area contributed by atoms with Gasteiger partial charge in [-0.05, 0) is 0 Å². The molecule has 3 heteroatoms. The van der Waals surface area contributed by atoms with E-state index in [4.69, 9.17) is 15.9 Å². The van der Waals surface area contributed by atoms with Crippen LogP contribution in [0.1, 0.15) is 6.42 Å². The Kier molecular flexibility index (Phi) is 5.59. The van der Waals surface area contributed by atoms with E-state index in [2.05, 4.69) is 10.8 Å². The van der Waals surface area contributed by atoms with Gasteiger partial charge in [0.25, 0.3) is 0 Å². The van der Waals surface area contributed by atoms with Crippen molar-refractivity contribution in [2.24, 2.45) is 0 Å². The minimum absolute atomic E-state index is 0.681. The fourth-order valence-corrected chi connectivity index (χ4v) is 1.25. The van der Waals surface area contributed by atoms with Crippen molar-refractivity contribution >= 4 is 0 Å². The average molecular weight is 183 g/mol. The third kappa shape index (κ3) is 4.89. The van der Waals surface area contributed by atoms with Crippen LogP contribution in [0.2, 0.25) is 0 Å². The predicted molar refractivity (Wildman–Crippen MR) is 51.5 cm³/mol. The lowest BCUT2D eigenvalue weighted by Gasteiger charge is -2.26. The summed E-state index contributed by atoms with van der Waals surface area (Å²) in [6, 6.07) is 0. The predicted octanol–water partition coefficient (Wildman–Crippen LogP) is 0.359. The van der Waals surface area contributed by atoms with Crippen molar-refractivity contribution in [1.82, 2.24) is 4.90 Å². The Bertz CT molecular complexity index is 159. The van der Waals surface area contributed by atoms with E-state index in [-0.39, 0.29) is 0 Å². The van der Waals surface area contributed by atoms with E-state index >= 15 is 0 Å². The minimum Gasteiger partial charge on any atom is -0.379 e.